The summed E-state index contributed by atoms with van der Waals surface area (Å²) in [4.78, 5) is 0. The van der Waals surface area contributed by atoms with Crippen LogP contribution >= 0.6 is 0 Å². The molecule has 68 valence electrons. The second-order valence-electron chi connectivity index (χ2n) is 3.49. The lowest BCUT2D eigenvalue weighted by Crippen LogP contribution is -2.31. The summed E-state index contributed by atoms with van der Waals surface area (Å²) < 4.78 is 36.5. The number of halogens is 3. The molecule has 0 saturated carbocycles. The van der Waals surface area contributed by atoms with Gasteiger partial charge in [-0.05, 0) is 6.42 Å². The second kappa shape index (κ2) is 3.46. The van der Waals surface area contributed by atoms with Crippen LogP contribution in [0.1, 0.15) is 40.0 Å². The van der Waals surface area contributed by atoms with Crippen LogP contribution in [0.5, 0.6) is 0 Å². The zero-order valence-electron chi connectivity index (χ0n) is 7.26. The molecule has 0 bridgehead atoms. The van der Waals surface area contributed by atoms with Crippen molar-refractivity contribution in [3.05, 3.63) is 0 Å². The molecule has 11 heavy (non-hydrogen) atoms. The van der Waals surface area contributed by atoms with Gasteiger partial charge in [-0.15, -0.1) is 0 Å². The van der Waals surface area contributed by atoms with Crippen molar-refractivity contribution in [3.8, 4) is 0 Å². The SMILES string of the molecule is CCCCC(C)(C)C(F)(F)F. The fraction of sp³-hybridized carbons (Fsp3) is 1.00. The van der Waals surface area contributed by atoms with Crippen molar-refractivity contribution >= 4 is 0 Å². The molecule has 0 aromatic carbocycles. The smallest absolute Gasteiger partial charge is 0.171 e. The molecule has 0 aliphatic heterocycles. The Bertz CT molecular complexity index is 113. The number of hydrogen-bond acceptors (Lipinski definition) is 0. The quantitative estimate of drug-likeness (QED) is 0.601. The Balaban J connectivity index is 4.00. The van der Waals surface area contributed by atoms with Gasteiger partial charge in [-0.25, -0.2) is 0 Å². The standard InChI is InChI=1S/C8H15F3/c1-4-5-6-7(2,3)8(9,10)11/h4-6H2,1-3H3. The maximum Gasteiger partial charge on any atom is 0.393 e. The minimum Gasteiger partial charge on any atom is -0.171 e. The van der Waals surface area contributed by atoms with Crippen molar-refractivity contribution in [2.75, 3.05) is 0 Å². The molecule has 0 aliphatic carbocycles. The van der Waals surface area contributed by atoms with Gasteiger partial charge in [-0.1, -0.05) is 33.6 Å². The van der Waals surface area contributed by atoms with Gasteiger partial charge in [0, 0.05) is 0 Å². The Hall–Kier alpha value is -0.210. The van der Waals surface area contributed by atoms with Gasteiger partial charge in [0.1, 0.15) is 0 Å². The molecule has 0 saturated heterocycles. The third-order valence-electron chi connectivity index (χ3n) is 1.92. The fourth-order valence-electron chi connectivity index (χ4n) is 0.760. The van der Waals surface area contributed by atoms with E-state index in [0.29, 0.717) is 6.42 Å². The van der Waals surface area contributed by atoms with E-state index in [0.717, 1.165) is 6.42 Å². The topological polar surface area (TPSA) is 0 Å². The second-order valence-corrected chi connectivity index (χ2v) is 3.49. The van der Waals surface area contributed by atoms with Gasteiger partial charge in [-0.2, -0.15) is 13.2 Å². The zero-order chi connectivity index (χ0) is 9.12. The van der Waals surface area contributed by atoms with Crippen LogP contribution in [0.15, 0.2) is 0 Å². The molecule has 0 spiro atoms. The van der Waals surface area contributed by atoms with Gasteiger partial charge in [0.25, 0.3) is 0 Å². The van der Waals surface area contributed by atoms with Gasteiger partial charge >= 0.3 is 6.18 Å². The molecule has 0 aliphatic rings. The van der Waals surface area contributed by atoms with Crippen LogP contribution < -0.4 is 0 Å². The van der Waals surface area contributed by atoms with Crippen LogP contribution in [0.4, 0.5) is 13.2 Å². The third-order valence-corrected chi connectivity index (χ3v) is 1.92. The maximum absolute atomic E-state index is 12.2. The molecular formula is C8H15F3. The minimum atomic E-state index is -4.05. The molecular weight excluding hydrogens is 153 g/mol. The number of alkyl halides is 3. The summed E-state index contributed by atoms with van der Waals surface area (Å²) in [6.45, 7) is 4.40. The van der Waals surface area contributed by atoms with Crippen LogP contribution in [0.2, 0.25) is 0 Å². The Morgan fingerprint density at radius 1 is 1.09 bits per heavy atom. The van der Waals surface area contributed by atoms with E-state index in [4.69, 9.17) is 0 Å². The molecule has 0 aromatic heterocycles. The van der Waals surface area contributed by atoms with E-state index in [2.05, 4.69) is 0 Å². The van der Waals surface area contributed by atoms with E-state index in [-0.39, 0.29) is 6.42 Å². The average Bonchev–Trinajstić information content (AvgIpc) is 1.81. The van der Waals surface area contributed by atoms with Crippen LogP contribution in [0, 0.1) is 5.41 Å². The predicted octanol–water partition coefficient (Wildman–Crippen LogP) is 3.77. The molecule has 0 heterocycles. The minimum absolute atomic E-state index is 0.229. The molecule has 0 nitrogen and oxygen atoms in total. The summed E-state index contributed by atoms with van der Waals surface area (Å²) in [7, 11) is 0. The van der Waals surface area contributed by atoms with Gasteiger partial charge < -0.3 is 0 Å². The van der Waals surface area contributed by atoms with Crippen LogP contribution in [-0.4, -0.2) is 6.18 Å². The molecule has 0 aromatic rings. The highest BCUT2D eigenvalue weighted by molar-refractivity contribution is 4.76. The highest BCUT2D eigenvalue weighted by Crippen LogP contribution is 2.41. The summed E-state index contributed by atoms with van der Waals surface area (Å²) in [5, 5.41) is 0. The van der Waals surface area contributed by atoms with Crippen LogP contribution in [0.3, 0.4) is 0 Å². The molecule has 0 radical (unpaired) electrons. The lowest BCUT2D eigenvalue weighted by molar-refractivity contribution is -0.213. The van der Waals surface area contributed by atoms with Crippen LogP contribution in [0.25, 0.3) is 0 Å². The van der Waals surface area contributed by atoms with Crippen molar-refractivity contribution in [2.24, 2.45) is 5.41 Å². The lowest BCUT2D eigenvalue weighted by atomic mass is 9.87. The monoisotopic (exact) mass is 168 g/mol. The summed E-state index contributed by atoms with van der Waals surface area (Å²) in [6.07, 6.45) is -2.36. The lowest BCUT2D eigenvalue weighted by Gasteiger charge is -2.27. The van der Waals surface area contributed by atoms with Crippen molar-refractivity contribution in [3.63, 3.8) is 0 Å². The van der Waals surface area contributed by atoms with Crippen molar-refractivity contribution in [1.29, 1.82) is 0 Å². The number of unbranched alkanes of at least 4 members (excludes halogenated alkanes) is 1. The Kier molecular flexibility index (Phi) is 3.39. The first-order chi connectivity index (χ1) is 4.81. The summed E-state index contributed by atoms with van der Waals surface area (Å²) in [5.74, 6) is 0. The number of hydrogen-bond donors (Lipinski definition) is 0. The molecule has 0 rings (SSSR count). The third kappa shape index (κ3) is 3.12. The molecule has 0 fully saturated rings. The fourth-order valence-corrected chi connectivity index (χ4v) is 0.760. The summed E-state index contributed by atoms with van der Waals surface area (Å²) in [6, 6.07) is 0. The normalized spacial score (nSPS) is 13.6. The van der Waals surface area contributed by atoms with Crippen molar-refractivity contribution < 1.29 is 13.2 Å². The van der Waals surface area contributed by atoms with Crippen molar-refractivity contribution in [2.45, 2.75) is 46.2 Å². The molecule has 3 heteroatoms. The molecule has 0 unspecified atom stereocenters. The average molecular weight is 168 g/mol. The molecule has 0 amide bonds. The first kappa shape index (κ1) is 10.8. The van der Waals surface area contributed by atoms with E-state index >= 15 is 0 Å². The first-order valence-electron chi connectivity index (χ1n) is 3.88. The van der Waals surface area contributed by atoms with Gasteiger partial charge in [0.05, 0.1) is 5.41 Å². The van der Waals surface area contributed by atoms with E-state index in [1.807, 2.05) is 6.92 Å². The Morgan fingerprint density at radius 2 is 1.55 bits per heavy atom. The Morgan fingerprint density at radius 3 is 1.82 bits per heavy atom. The highest BCUT2D eigenvalue weighted by atomic mass is 19.4. The maximum atomic E-state index is 12.2. The van der Waals surface area contributed by atoms with Crippen molar-refractivity contribution in [1.82, 2.24) is 0 Å². The summed E-state index contributed by atoms with van der Waals surface area (Å²) in [5.41, 5.74) is -1.51. The first-order valence-corrected chi connectivity index (χ1v) is 3.88. The van der Waals surface area contributed by atoms with Crippen LogP contribution in [-0.2, 0) is 0 Å². The zero-order valence-corrected chi connectivity index (χ0v) is 7.26. The Labute approximate surface area is 65.8 Å². The van der Waals surface area contributed by atoms with E-state index in [9.17, 15) is 13.2 Å². The largest absolute Gasteiger partial charge is 0.393 e. The summed E-state index contributed by atoms with van der Waals surface area (Å²) >= 11 is 0. The highest BCUT2D eigenvalue weighted by Gasteiger charge is 2.46. The van der Waals surface area contributed by atoms with E-state index in [1.165, 1.54) is 13.8 Å². The van der Waals surface area contributed by atoms with E-state index in [1.54, 1.807) is 0 Å². The molecule has 0 N–H and O–H groups in total. The van der Waals surface area contributed by atoms with Gasteiger partial charge in [0.2, 0.25) is 0 Å². The van der Waals surface area contributed by atoms with Gasteiger partial charge in [-0.3, -0.25) is 0 Å². The number of rotatable bonds is 3. The van der Waals surface area contributed by atoms with E-state index < -0.39 is 11.6 Å². The van der Waals surface area contributed by atoms with Gasteiger partial charge in [0.15, 0.2) is 0 Å². The molecule has 0 atom stereocenters. The predicted molar refractivity (Wildman–Crippen MR) is 39.4 cm³/mol.